The molecular formula is C10H15NS. The summed E-state index contributed by atoms with van der Waals surface area (Å²) >= 11 is 1.80. The van der Waals surface area contributed by atoms with Crippen molar-refractivity contribution >= 4 is 11.3 Å². The first-order valence-electron chi connectivity index (χ1n) is 4.58. The SMILES string of the molecule is Cc1sccc1C(N)C1CCC1. The van der Waals surface area contributed by atoms with Crippen molar-refractivity contribution in [2.45, 2.75) is 32.2 Å². The summed E-state index contributed by atoms with van der Waals surface area (Å²) in [5, 5.41) is 2.14. The van der Waals surface area contributed by atoms with Gasteiger partial charge in [-0.3, -0.25) is 0 Å². The zero-order valence-electron chi connectivity index (χ0n) is 7.42. The molecule has 1 atom stereocenters. The van der Waals surface area contributed by atoms with Gasteiger partial charge in [-0.1, -0.05) is 6.42 Å². The molecule has 1 aliphatic carbocycles. The van der Waals surface area contributed by atoms with Crippen LogP contribution in [0.5, 0.6) is 0 Å². The Morgan fingerprint density at radius 3 is 2.75 bits per heavy atom. The minimum absolute atomic E-state index is 0.310. The fraction of sp³-hybridized carbons (Fsp3) is 0.600. The van der Waals surface area contributed by atoms with E-state index in [2.05, 4.69) is 18.4 Å². The molecule has 0 aromatic carbocycles. The average molecular weight is 181 g/mol. The van der Waals surface area contributed by atoms with Gasteiger partial charge in [0.15, 0.2) is 0 Å². The summed E-state index contributed by atoms with van der Waals surface area (Å²) in [6, 6.07) is 2.49. The van der Waals surface area contributed by atoms with Gasteiger partial charge in [0.1, 0.15) is 0 Å². The molecule has 1 saturated carbocycles. The predicted octanol–water partition coefficient (Wildman–Crippen LogP) is 2.86. The first-order valence-corrected chi connectivity index (χ1v) is 5.46. The van der Waals surface area contributed by atoms with E-state index in [1.54, 1.807) is 11.3 Å². The minimum atomic E-state index is 0.310. The van der Waals surface area contributed by atoms with Crippen LogP contribution in [0.25, 0.3) is 0 Å². The van der Waals surface area contributed by atoms with Gasteiger partial charge in [0.25, 0.3) is 0 Å². The van der Waals surface area contributed by atoms with Crippen LogP contribution in [0, 0.1) is 12.8 Å². The normalized spacial score (nSPS) is 20.5. The molecule has 1 nitrogen and oxygen atoms in total. The first kappa shape index (κ1) is 8.27. The number of hydrogen-bond acceptors (Lipinski definition) is 2. The maximum absolute atomic E-state index is 6.15. The molecule has 12 heavy (non-hydrogen) atoms. The van der Waals surface area contributed by atoms with Crippen molar-refractivity contribution in [3.63, 3.8) is 0 Å². The number of nitrogens with two attached hydrogens (primary N) is 1. The van der Waals surface area contributed by atoms with Crippen LogP contribution in [0.2, 0.25) is 0 Å². The van der Waals surface area contributed by atoms with Crippen LogP contribution in [0.15, 0.2) is 11.4 Å². The van der Waals surface area contributed by atoms with E-state index in [9.17, 15) is 0 Å². The van der Waals surface area contributed by atoms with Gasteiger partial charge in [-0.25, -0.2) is 0 Å². The second-order valence-electron chi connectivity index (χ2n) is 3.65. The lowest BCUT2D eigenvalue weighted by atomic mass is 9.78. The number of aryl methyl sites for hydroxylation is 1. The Bertz CT molecular complexity index is 263. The molecule has 66 valence electrons. The van der Waals surface area contributed by atoms with E-state index in [1.807, 2.05) is 0 Å². The number of hydrogen-bond donors (Lipinski definition) is 1. The van der Waals surface area contributed by atoms with E-state index in [-0.39, 0.29) is 0 Å². The Kier molecular flexibility index (Phi) is 2.20. The van der Waals surface area contributed by atoms with E-state index in [4.69, 9.17) is 5.73 Å². The molecule has 0 bridgehead atoms. The van der Waals surface area contributed by atoms with Gasteiger partial charge >= 0.3 is 0 Å². The molecule has 2 rings (SSSR count). The Labute approximate surface area is 77.6 Å². The molecule has 1 aliphatic rings. The van der Waals surface area contributed by atoms with Crippen LogP contribution >= 0.6 is 11.3 Å². The maximum Gasteiger partial charge on any atom is 0.0334 e. The third kappa shape index (κ3) is 1.29. The topological polar surface area (TPSA) is 26.0 Å². The van der Waals surface area contributed by atoms with Gasteiger partial charge in [0, 0.05) is 10.9 Å². The molecule has 1 unspecified atom stereocenters. The van der Waals surface area contributed by atoms with E-state index in [0.717, 1.165) is 5.92 Å². The van der Waals surface area contributed by atoms with Gasteiger partial charge in [-0.2, -0.15) is 0 Å². The summed E-state index contributed by atoms with van der Waals surface area (Å²) in [6.45, 7) is 2.17. The summed E-state index contributed by atoms with van der Waals surface area (Å²) in [5.41, 5.74) is 7.53. The van der Waals surface area contributed by atoms with Crippen molar-refractivity contribution in [1.29, 1.82) is 0 Å². The zero-order chi connectivity index (χ0) is 8.55. The van der Waals surface area contributed by atoms with Crippen LogP contribution in [0.4, 0.5) is 0 Å². The molecule has 0 spiro atoms. The van der Waals surface area contributed by atoms with Crippen LogP contribution < -0.4 is 5.73 Å². The summed E-state index contributed by atoms with van der Waals surface area (Å²) in [7, 11) is 0. The molecule has 2 heteroatoms. The summed E-state index contributed by atoms with van der Waals surface area (Å²) < 4.78 is 0. The zero-order valence-corrected chi connectivity index (χ0v) is 8.23. The van der Waals surface area contributed by atoms with Crippen LogP contribution in [-0.4, -0.2) is 0 Å². The standard InChI is InChI=1S/C10H15NS/c1-7-9(5-6-12-7)10(11)8-3-2-4-8/h5-6,8,10H,2-4,11H2,1H3. The van der Waals surface area contributed by atoms with Crippen molar-refractivity contribution in [3.8, 4) is 0 Å². The van der Waals surface area contributed by atoms with Crippen molar-refractivity contribution in [2.75, 3.05) is 0 Å². The molecule has 1 heterocycles. The van der Waals surface area contributed by atoms with E-state index < -0.39 is 0 Å². The Balaban J connectivity index is 2.13. The van der Waals surface area contributed by atoms with Gasteiger partial charge in [-0.15, -0.1) is 11.3 Å². The maximum atomic E-state index is 6.15. The molecule has 0 aliphatic heterocycles. The first-order chi connectivity index (χ1) is 5.79. The molecule has 2 N–H and O–H groups in total. The number of rotatable bonds is 2. The largest absolute Gasteiger partial charge is 0.324 e. The van der Waals surface area contributed by atoms with Gasteiger partial charge in [0.2, 0.25) is 0 Å². The highest BCUT2D eigenvalue weighted by molar-refractivity contribution is 7.10. The summed E-state index contributed by atoms with van der Waals surface area (Å²) in [5.74, 6) is 0.762. The van der Waals surface area contributed by atoms with E-state index >= 15 is 0 Å². The molecule has 0 radical (unpaired) electrons. The van der Waals surface area contributed by atoms with Crippen molar-refractivity contribution in [3.05, 3.63) is 21.9 Å². The second-order valence-corrected chi connectivity index (χ2v) is 4.77. The van der Waals surface area contributed by atoms with Crippen molar-refractivity contribution < 1.29 is 0 Å². The highest BCUT2D eigenvalue weighted by Crippen LogP contribution is 2.37. The van der Waals surface area contributed by atoms with E-state index in [0.29, 0.717) is 6.04 Å². The Morgan fingerprint density at radius 2 is 2.33 bits per heavy atom. The molecular weight excluding hydrogens is 166 g/mol. The quantitative estimate of drug-likeness (QED) is 0.746. The van der Waals surface area contributed by atoms with E-state index in [1.165, 1.54) is 29.7 Å². The second kappa shape index (κ2) is 3.19. The Morgan fingerprint density at radius 1 is 1.58 bits per heavy atom. The highest BCUT2D eigenvalue weighted by atomic mass is 32.1. The fourth-order valence-corrected chi connectivity index (χ4v) is 2.55. The smallest absolute Gasteiger partial charge is 0.0334 e. The average Bonchev–Trinajstić information content (AvgIpc) is 2.31. The molecule has 1 aromatic rings. The lowest BCUT2D eigenvalue weighted by Crippen LogP contribution is -2.26. The lowest BCUT2D eigenvalue weighted by Gasteiger charge is -2.31. The minimum Gasteiger partial charge on any atom is -0.324 e. The monoisotopic (exact) mass is 181 g/mol. The lowest BCUT2D eigenvalue weighted by molar-refractivity contribution is 0.264. The fourth-order valence-electron chi connectivity index (χ4n) is 1.79. The third-order valence-corrected chi connectivity index (χ3v) is 3.78. The van der Waals surface area contributed by atoms with Crippen molar-refractivity contribution in [1.82, 2.24) is 0 Å². The van der Waals surface area contributed by atoms with Crippen LogP contribution in [0.1, 0.15) is 35.7 Å². The van der Waals surface area contributed by atoms with Gasteiger partial charge in [0.05, 0.1) is 0 Å². The summed E-state index contributed by atoms with van der Waals surface area (Å²) in [6.07, 6.45) is 4.04. The van der Waals surface area contributed by atoms with Crippen LogP contribution in [-0.2, 0) is 0 Å². The van der Waals surface area contributed by atoms with Crippen molar-refractivity contribution in [2.24, 2.45) is 11.7 Å². The van der Waals surface area contributed by atoms with Crippen LogP contribution in [0.3, 0.4) is 0 Å². The van der Waals surface area contributed by atoms with Gasteiger partial charge < -0.3 is 5.73 Å². The summed E-state index contributed by atoms with van der Waals surface area (Å²) in [4.78, 5) is 1.40. The molecule has 0 amide bonds. The Hall–Kier alpha value is -0.340. The van der Waals surface area contributed by atoms with Gasteiger partial charge in [-0.05, 0) is 42.7 Å². The molecule has 1 fully saturated rings. The highest BCUT2D eigenvalue weighted by Gasteiger charge is 2.26. The predicted molar refractivity (Wildman–Crippen MR) is 53.3 cm³/mol. The molecule has 1 aromatic heterocycles. The molecule has 0 saturated heterocycles. The number of thiophene rings is 1. The third-order valence-electron chi connectivity index (χ3n) is 2.92.